The number of nitrogens with zero attached hydrogens (tertiary/aromatic N) is 2. The fourth-order valence-electron chi connectivity index (χ4n) is 3.68. The van der Waals surface area contributed by atoms with Crippen molar-refractivity contribution in [3.05, 3.63) is 53.3 Å². The Kier molecular flexibility index (Phi) is 4.91. The number of urea groups is 1. The van der Waals surface area contributed by atoms with Gasteiger partial charge in [0.05, 0.1) is 6.33 Å². The summed E-state index contributed by atoms with van der Waals surface area (Å²) in [5.74, 6) is -2.76. The van der Waals surface area contributed by atoms with Crippen LogP contribution in [0.25, 0.3) is 11.0 Å². The zero-order chi connectivity index (χ0) is 21.6. The molecule has 2 atom stereocenters. The summed E-state index contributed by atoms with van der Waals surface area (Å²) in [6.07, 6.45) is -0.465. The number of imidazole rings is 1. The summed E-state index contributed by atoms with van der Waals surface area (Å²) in [7, 11) is 0. The first kappa shape index (κ1) is 20.2. The third-order valence-electron chi connectivity index (χ3n) is 5.16. The number of rotatable bonds is 3. The molecule has 160 valence electrons. The van der Waals surface area contributed by atoms with Gasteiger partial charge in [-0.25, -0.2) is 18.6 Å². The Morgan fingerprint density at radius 2 is 2.10 bits per heavy atom. The minimum atomic E-state index is -4.92. The molecule has 0 fully saturated rings. The lowest BCUT2D eigenvalue weighted by Gasteiger charge is -2.27. The Balaban J connectivity index is 1.57. The molecule has 1 aliphatic heterocycles. The summed E-state index contributed by atoms with van der Waals surface area (Å²) in [6.45, 7) is 1.63. The third-order valence-corrected chi connectivity index (χ3v) is 5.16. The molecular weight excluding hydrogens is 411 g/mol. The van der Waals surface area contributed by atoms with Crippen LogP contribution in [-0.2, 0) is 13.0 Å². The molecule has 6 nitrogen and oxygen atoms in total. The molecule has 3 aromatic rings. The van der Waals surface area contributed by atoms with E-state index in [0.29, 0.717) is 25.5 Å². The van der Waals surface area contributed by atoms with Crippen LogP contribution in [0.3, 0.4) is 0 Å². The van der Waals surface area contributed by atoms with Crippen molar-refractivity contribution in [2.45, 2.75) is 44.6 Å². The van der Waals surface area contributed by atoms with Crippen LogP contribution in [0.5, 0.6) is 0 Å². The molecule has 2 N–H and O–H groups in total. The van der Waals surface area contributed by atoms with Gasteiger partial charge in [0, 0.05) is 41.5 Å². The highest BCUT2D eigenvalue weighted by Gasteiger charge is 2.45. The van der Waals surface area contributed by atoms with Crippen molar-refractivity contribution in [1.82, 2.24) is 20.2 Å². The summed E-state index contributed by atoms with van der Waals surface area (Å²) in [4.78, 5) is 16.3. The predicted octanol–water partition coefficient (Wildman–Crippen LogP) is 4.13. The van der Waals surface area contributed by atoms with Gasteiger partial charge in [-0.05, 0) is 25.8 Å². The minimum absolute atomic E-state index is 0.105. The first-order chi connectivity index (χ1) is 14.1. The lowest BCUT2D eigenvalue weighted by Crippen LogP contribution is -2.49. The summed E-state index contributed by atoms with van der Waals surface area (Å²) in [5, 5.41) is 4.26. The molecule has 0 saturated heterocycles. The number of amides is 2. The fraction of sp³-hybridized carbons (Fsp3) is 0.368. The summed E-state index contributed by atoms with van der Waals surface area (Å²) >= 11 is 0. The molecule has 2 unspecified atom stereocenters. The fourth-order valence-corrected chi connectivity index (χ4v) is 3.68. The van der Waals surface area contributed by atoms with E-state index in [-0.39, 0.29) is 17.0 Å². The molecule has 2 aromatic heterocycles. The lowest BCUT2D eigenvalue weighted by atomic mass is 10.1. The molecule has 0 saturated carbocycles. The summed E-state index contributed by atoms with van der Waals surface area (Å²) in [5.41, 5.74) is 0.376. The Hall–Kier alpha value is -3.11. The van der Waals surface area contributed by atoms with Crippen LogP contribution < -0.4 is 10.6 Å². The number of fused-ring (bicyclic) bond motifs is 2. The Morgan fingerprint density at radius 3 is 2.83 bits per heavy atom. The van der Waals surface area contributed by atoms with Crippen LogP contribution >= 0.6 is 0 Å². The third kappa shape index (κ3) is 3.71. The lowest BCUT2D eigenvalue weighted by molar-refractivity contribution is -0.158. The van der Waals surface area contributed by atoms with Gasteiger partial charge in [-0.2, -0.15) is 13.2 Å². The van der Waals surface area contributed by atoms with Crippen molar-refractivity contribution in [2.24, 2.45) is 0 Å². The van der Waals surface area contributed by atoms with E-state index in [1.165, 1.54) is 6.92 Å². The molecule has 30 heavy (non-hydrogen) atoms. The average Bonchev–Trinajstić information content (AvgIpc) is 3.24. The van der Waals surface area contributed by atoms with Gasteiger partial charge in [-0.15, -0.1) is 0 Å². The highest BCUT2D eigenvalue weighted by Crippen LogP contribution is 2.39. The Labute approximate surface area is 167 Å². The van der Waals surface area contributed by atoms with Crippen LogP contribution in [0, 0.1) is 18.6 Å². The van der Waals surface area contributed by atoms with Crippen molar-refractivity contribution >= 4 is 17.0 Å². The van der Waals surface area contributed by atoms with E-state index in [1.54, 1.807) is 12.5 Å². The highest BCUT2D eigenvalue weighted by molar-refractivity contribution is 5.83. The number of hydrogen-bond donors (Lipinski definition) is 2. The largest absolute Gasteiger partial charge is 0.455 e. The molecule has 4 rings (SSSR count). The molecular formula is C19H17F5N4O2. The van der Waals surface area contributed by atoms with Gasteiger partial charge in [-0.3, -0.25) is 0 Å². The smallest absolute Gasteiger partial charge is 0.416 e. The number of carbonyl (C=O) groups excluding carboxylic acids is 1. The molecule has 2 amide bonds. The maximum atomic E-state index is 13.9. The van der Waals surface area contributed by atoms with E-state index in [9.17, 15) is 26.7 Å². The van der Waals surface area contributed by atoms with E-state index in [4.69, 9.17) is 4.42 Å². The van der Waals surface area contributed by atoms with E-state index >= 15 is 0 Å². The van der Waals surface area contributed by atoms with Gasteiger partial charge >= 0.3 is 12.2 Å². The molecule has 1 aliphatic rings. The molecule has 0 bridgehead atoms. The Morgan fingerprint density at radius 1 is 1.33 bits per heavy atom. The molecule has 0 spiro atoms. The van der Waals surface area contributed by atoms with Gasteiger partial charge in [0.1, 0.15) is 11.6 Å². The number of nitrogens with one attached hydrogen (secondary N) is 2. The van der Waals surface area contributed by atoms with Gasteiger partial charge < -0.3 is 19.6 Å². The first-order valence-corrected chi connectivity index (χ1v) is 9.14. The molecule has 3 heterocycles. The van der Waals surface area contributed by atoms with Gasteiger partial charge in [0.25, 0.3) is 0 Å². The quantitative estimate of drug-likeness (QED) is 0.617. The Bertz CT molecular complexity index is 1100. The van der Waals surface area contributed by atoms with E-state index < -0.39 is 41.2 Å². The van der Waals surface area contributed by atoms with Crippen LogP contribution in [-0.4, -0.2) is 27.8 Å². The molecule has 0 radical (unpaired) electrons. The summed E-state index contributed by atoms with van der Waals surface area (Å²) in [6, 6.07) is -2.55. The van der Waals surface area contributed by atoms with Gasteiger partial charge in [0.2, 0.25) is 0 Å². The standard InChI is InChI=1S/C19H17F5N4O2/c1-9-13-4-10(20)5-14(21)16(13)30-15(9)17(19(22,23)24)27-18(29)26-11-2-3-12-6-25-8-28(12)7-11/h4-6,8,11,17H,2-3,7H2,1H3,(H2,26,27,29). The predicted molar refractivity (Wildman–Crippen MR) is 95.7 cm³/mol. The van der Waals surface area contributed by atoms with Crippen molar-refractivity contribution in [2.75, 3.05) is 0 Å². The number of benzene rings is 1. The monoisotopic (exact) mass is 428 g/mol. The number of hydrogen-bond acceptors (Lipinski definition) is 3. The average molecular weight is 428 g/mol. The maximum absolute atomic E-state index is 13.9. The molecule has 1 aromatic carbocycles. The van der Waals surface area contributed by atoms with Crippen molar-refractivity contribution in [1.29, 1.82) is 0 Å². The number of halogens is 5. The van der Waals surface area contributed by atoms with Gasteiger partial charge in [-0.1, -0.05) is 0 Å². The van der Waals surface area contributed by atoms with Crippen LogP contribution in [0.2, 0.25) is 0 Å². The molecule has 0 aliphatic carbocycles. The number of aromatic nitrogens is 2. The van der Waals surface area contributed by atoms with Crippen molar-refractivity contribution in [3.63, 3.8) is 0 Å². The van der Waals surface area contributed by atoms with Gasteiger partial charge in [0.15, 0.2) is 17.4 Å². The number of alkyl halides is 3. The number of aryl methyl sites for hydroxylation is 2. The zero-order valence-corrected chi connectivity index (χ0v) is 15.7. The second-order valence-corrected chi connectivity index (χ2v) is 7.22. The molecule has 11 heteroatoms. The van der Waals surface area contributed by atoms with Crippen LogP contribution in [0.15, 0.2) is 29.1 Å². The number of carbonyl (C=O) groups is 1. The van der Waals surface area contributed by atoms with Crippen molar-refractivity contribution in [3.8, 4) is 0 Å². The highest BCUT2D eigenvalue weighted by atomic mass is 19.4. The van der Waals surface area contributed by atoms with E-state index in [2.05, 4.69) is 10.3 Å². The van der Waals surface area contributed by atoms with E-state index in [0.717, 1.165) is 11.8 Å². The SMILES string of the molecule is Cc1c(C(NC(=O)NC2CCc3cncn3C2)C(F)(F)F)oc2c(F)cc(F)cc12. The second kappa shape index (κ2) is 7.29. The van der Waals surface area contributed by atoms with Crippen LogP contribution in [0.4, 0.5) is 26.7 Å². The zero-order valence-electron chi connectivity index (χ0n) is 15.7. The summed E-state index contributed by atoms with van der Waals surface area (Å²) < 4.78 is 75.4. The second-order valence-electron chi connectivity index (χ2n) is 7.22. The van der Waals surface area contributed by atoms with Crippen LogP contribution in [0.1, 0.15) is 29.5 Å². The normalized spacial score (nSPS) is 17.6. The van der Waals surface area contributed by atoms with Crippen molar-refractivity contribution < 1.29 is 31.2 Å². The maximum Gasteiger partial charge on any atom is 0.416 e. The topological polar surface area (TPSA) is 72.1 Å². The minimum Gasteiger partial charge on any atom is -0.455 e. The first-order valence-electron chi connectivity index (χ1n) is 9.14. The number of furan rings is 1. The van der Waals surface area contributed by atoms with E-state index in [1.807, 2.05) is 9.88 Å².